The highest BCUT2D eigenvalue weighted by molar-refractivity contribution is 9.10. The smallest absolute Gasteiger partial charge is 0.133 e. The highest BCUT2D eigenvalue weighted by atomic mass is 79.9. The Labute approximate surface area is 129 Å². The van der Waals surface area contributed by atoms with Gasteiger partial charge in [0.15, 0.2) is 0 Å². The third-order valence-electron chi connectivity index (χ3n) is 3.12. The minimum Gasteiger partial charge on any atom is -0.352 e. The van der Waals surface area contributed by atoms with Gasteiger partial charge >= 0.3 is 0 Å². The minimum absolute atomic E-state index is 0.859. The van der Waals surface area contributed by atoms with Gasteiger partial charge in [-0.1, -0.05) is 37.3 Å². The lowest BCUT2D eigenvalue weighted by atomic mass is 10.2. The predicted molar refractivity (Wildman–Crippen MR) is 86.9 cm³/mol. The molecule has 0 spiro atoms. The van der Waals surface area contributed by atoms with Crippen molar-refractivity contribution in [3.63, 3.8) is 0 Å². The first-order chi connectivity index (χ1) is 9.72. The SMILES string of the molecule is CCCc1nc(Br)cc(N(CC)Cc2ccccc2)n1. The molecule has 1 aromatic carbocycles. The maximum Gasteiger partial charge on any atom is 0.133 e. The molecule has 0 bridgehead atoms. The number of aromatic nitrogens is 2. The molecule has 0 unspecified atom stereocenters. The van der Waals surface area contributed by atoms with Crippen LogP contribution in [0.15, 0.2) is 41.0 Å². The molecule has 2 rings (SSSR count). The van der Waals surface area contributed by atoms with E-state index in [0.717, 1.165) is 42.2 Å². The normalized spacial score (nSPS) is 10.6. The second-order valence-electron chi connectivity index (χ2n) is 4.71. The van der Waals surface area contributed by atoms with E-state index in [1.807, 2.05) is 12.1 Å². The van der Waals surface area contributed by atoms with E-state index in [0.29, 0.717) is 0 Å². The Morgan fingerprint density at radius 2 is 1.85 bits per heavy atom. The fourth-order valence-electron chi connectivity index (χ4n) is 2.11. The topological polar surface area (TPSA) is 29.0 Å². The molecule has 3 nitrogen and oxygen atoms in total. The maximum absolute atomic E-state index is 4.68. The van der Waals surface area contributed by atoms with Gasteiger partial charge < -0.3 is 4.90 Å². The van der Waals surface area contributed by atoms with Crippen LogP contribution in [-0.2, 0) is 13.0 Å². The monoisotopic (exact) mass is 333 g/mol. The summed E-state index contributed by atoms with van der Waals surface area (Å²) < 4.78 is 0.859. The number of hydrogen-bond acceptors (Lipinski definition) is 3. The molecule has 0 atom stereocenters. The highest BCUT2D eigenvalue weighted by Gasteiger charge is 2.10. The van der Waals surface area contributed by atoms with Crippen molar-refractivity contribution in [2.75, 3.05) is 11.4 Å². The Morgan fingerprint density at radius 1 is 1.10 bits per heavy atom. The van der Waals surface area contributed by atoms with Crippen LogP contribution in [-0.4, -0.2) is 16.5 Å². The van der Waals surface area contributed by atoms with Gasteiger partial charge in [-0.15, -0.1) is 0 Å². The molecule has 0 amide bonds. The molecule has 0 aliphatic rings. The summed E-state index contributed by atoms with van der Waals surface area (Å²) >= 11 is 3.49. The third kappa shape index (κ3) is 4.04. The molecule has 0 radical (unpaired) electrons. The van der Waals surface area contributed by atoms with E-state index >= 15 is 0 Å². The number of benzene rings is 1. The predicted octanol–water partition coefficient (Wildman–Crippen LogP) is 4.22. The zero-order chi connectivity index (χ0) is 14.4. The van der Waals surface area contributed by atoms with Gasteiger partial charge in [-0.05, 0) is 34.8 Å². The van der Waals surface area contributed by atoms with Crippen LogP contribution in [0.3, 0.4) is 0 Å². The van der Waals surface area contributed by atoms with Crippen molar-refractivity contribution in [3.8, 4) is 0 Å². The van der Waals surface area contributed by atoms with Gasteiger partial charge in [-0.25, -0.2) is 9.97 Å². The number of nitrogens with zero attached hydrogens (tertiary/aromatic N) is 3. The van der Waals surface area contributed by atoms with Crippen LogP contribution in [0.1, 0.15) is 31.7 Å². The van der Waals surface area contributed by atoms with Gasteiger partial charge in [-0.3, -0.25) is 0 Å². The number of aryl methyl sites for hydroxylation is 1. The minimum atomic E-state index is 0.859. The average molecular weight is 334 g/mol. The van der Waals surface area contributed by atoms with E-state index < -0.39 is 0 Å². The largest absolute Gasteiger partial charge is 0.352 e. The number of anilines is 1. The van der Waals surface area contributed by atoms with Crippen LogP contribution >= 0.6 is 15.9 Å². The van der Waals surface area contributed by atoms with Gasteiger partial charge in [0.1, 0.15) is 16.2 Å². The Balaban J connectivity index is 2.22. The van der Waals surface area contributed by atoms with Crippen molar-refractivity contribution < 1.29 is 0 Å². The number of hydrogen-bond donors (Lipinski definition) is 0. The molecule has 106 valence electrons. The van der Waals surface area contributed by atoms with Gasteiger partial charge in [0.25, 0.3) is 0 Å². The Bertz CT molecular complexity index is 543. The van der Waals surface area contributed by atoms with Crippen molar-refractivity contribution >= 4 is 21.7 Å². The first kappa shape index (κ1) is 15.0. The van der Waals surface area contributed by atoms with Crippen LogP contribution in [0.5, 0.6) is 0 Å². The summed E-state index contributed by atoms with van der Waals surface area (Å²) in [6, 6.07) is 12.5. The molecule has 20 heavy (non-hydrogen) atoms. The van der Waals surface area contributed by atoms with Crippen molar-refractivity contribution in [1.82, 2.24) is 9.97 Å². The molecule has 0 aliphatic carbocycles. The van der Waals surface area contributed by atoms with E-state index in [1.54, 1.807) is 0 Å². The summed E-state index contributed by atoms with van der Waals surface area (Å²) in [6.07, 6.45) is 1.97. The lowest BCUT2D eigenvalue weighted by Crippen LogP contribution is -2.23. The number of halogens is 1. The quantitative estimate of drug-likeness (QED) is 0.741. The van der Waals surface area contributed by atoms with Crippen molar-refractivity contribution in [2.45, 2.75) is 33.2 Å². The number of rotatable bonds is 6. The van der Waals surface area contributed by atoms with E-state index in [-0.39, 0.29) is 0 Å². The lowest BCUT2D eigenvalue weighted by Gasteiger charge is -2.22. The molecule has 0 aliphatic heterocycles. The zero-order valence-corrected chi connectivity index (χ0v) is 13.6. The van der Waals surface area contributed by atoms with E-state index in [9.17, 15) is 0 Å². The van der Waals surface area contributed by atoms with Crippen LogP contribution in [0.2, 0.25) is 0 Å². The molecule has 2 aromatic rings. The molecule has 0 N–H and O–H groups in total. The average Bonchev–Trinajstić information content (AvgIpc) is 2.45. The first-order valence-electron chi connectivity index (χ1n) is 7.05. The van der Waals surface area contributed by atoms with Crippen molar-refractivity contribution in [1.29, 1.82) is 0 Å². The fourth-order valence-corrected chi connectivity index (χ4v) is 2.52. The Morgan fingerprint density at radius 3 is 2.50 bits per heavy atom. The highest BCUT2D eigenvalue weighted by Crippen LogP contribution is 2.19. The standard InChI is InChI=1S/C16H20BrN3/c1-3-8-15-18-14(17)11-16(19-15)20(4-2)12-13-9-6-5-7-10-13/h5-7,9-11H,3-4,8,12H2,1-2H3. The van der Waals surface area contributed by atoms with Gasteiger partial charge in [-0.2, -0.15) is 0 Å². The van der Waals surface area contributed by atoms with E-state index in [2.05, 4.69) is 68.9 Å². The van der Waals surface area contributed by atoms with Crippen LogP contribution < -0.4 is 4.90 Å². The summed E-state index contributed by atoms with van der Waals surface area (Å²) in [6.45, 7) is 6.08. The zero-order valence-electron chi connectivity index (χ0n) is 12.0. The van der Waals surface area contributed by atoms with Gasteiger partial charge in [0.2, 0.25) is 0 Å². The summed E-state index contributed by atoms with van der Waals surface area (Å²) in [5.74, 6) is 1.89. The first-order valence-corrected chi connectivity index (χ1v) is 7.84. The molecular formula is C16H20BrN3. The molecule has 4 heteroatoms. The van der Waals surface area contributed by atoms with Crippen molar-refractivity contribution in [2.24, 2.45) is 0 Å². The summed E-state index contributed by atoms with van der Waals surface area (Å²) in [4.78, 5) is 11.4. The van der Waals surface area contributed by atoms with Crippen LogP contribution in [0, 0.1) is 0 Å². The molecule has 1 aromatic heterocycles. The van der Waals surface area contributed by atoms with E-state index in [1.165, 1.54) is 5.56 Å². The van der Waals surface area contributed by atoms with Crippen molar-refractivity contribution in [3.05, 3.63) is 52.4 Å². The fraction of sp³-hybridized carbons (Fsp3) is 0.375. The second kappa shape index (κ2) is 7.39. The second-order valence-corrected chi connectivity index (χ2v) is 5.53. The molecule has 0 saturated carbocycles. The molecule has 0 saturated heterocycles. The molecular weight excluding hydrogens is 314 g/mol. The summed E-state index contributed by atoms with van der Waals surface area (Å²) in [7, 11) is 0. The van der Waals surface area contributed by atoms with Gasteiger partial charge in [0, 0.05) is 25.6 Å². The Kier molecular flexibility index (Phi) is 5.53. The maximum atomic E-state index is 4.68. The summed E-state index contributed by atoms with van der Waals surface area (Å²) in [5, 5.41) is 0. The lowest BCUT2D eigenvalue weighted by molar-refractivity contribution is 0.776. The van der Waals surface area contributed by atoms with Crippen LogP contribution in [0.4, 0.5) is 5.82 Å². The summed E-state index contributed by atoms with van der Waals surface area (Å²) in [5.41, 5.74) is 1.29. The Hall–Kier alpha value is -1.42. The molecule has 1 heterocycles. The molecule has 0 fully saturated rings. The van der Waals surface area contributed by atoms with Crippen LogP contribution in [0.25, 0.3) is 0 Å². The van der Waals surface area contributed by atoms with Gasteiger partial charge in [0.05, 0.1) is 0 Å². The third-order valence-corrected chi connectivity index (χ3v) is 3.53. The van der Waals surface area contributed by atoms with E-state index in [4.69, 9.17) is 0 Å².